The van der Waals surface area contributed by atoms with Crippen LogP contribution in [-0.4, -0.2) is 50.8 Å². The highest BCUT2D eigenvalue weighted by molar-refractivity contribution is 5.78. The Bertz CT molecular complexity index is 232. The van der Waals surface area contributed by atoms with Crippen LogP contribution in [0, 0.1) is 5.41 Å². The third-order valence-electron chi connectivity index (χ3n) is 3.35. The summed E-state index contributed by atoms with van der Waals surface area (Å²) in [5, 5.41) is 0. The number of nitrogens with zero attached hydrogens (tertiary/aromatic N) is 1. The molecule has 86 valence electrons. The van der Waals surface area contributed by atoms with Gasteiger partial charge in [0.15, 0.2) is 0 Å². The van der Waals surface area contributed by atoms with E-state index in [-0.39, 0.29) is 11.4 Å². The zero-order valence-corrected chi connectivity index (χ0v) is 9.33. The lowest BCUT2D eigenvalue weighted by atomic mass is 9.85. The molecule has 2 rings (SSSR count). The van der Waals surface area contributed by atoms with Crippen LogP contribution in [-0.2, 0) is 14.3 Å². The van der Waals surface area contributed by atoms with Crippen molar-refractivity contribution in [1.29, 1.82) is 0 Å². The normalized spacial score (nSPS) is 25.7. The standard InChI is InChI=1S/C11H19NO3/c1-14-10(13)11(8-15-9-11)7-12-5-3-2-4-6-12/h2-9H2,1H3. The molecule has 0 aromatic heterocycles. The van der Waals surface area contributed by atoms with Gasteiger partial charge in [0.2, 0.25) is 0 Å². The summed E-state index contributed by atoms with van der Waals surface area (Å²) in [5.74, 6) is -0.112. The molecule has 0 aliphatic carbocycles. The molecule has 2 fully saturated rings. The number of hydrogen-bond donors (Lipinski definition) is 0. The molecule has 0 aromatic rings. The van der Waals surface area contributed by atoms with Gasteiger partial charge in [-0.05, 0) is 25.9 Å². The van der Waals surface area contributed by atoms with Crippen LogP contribution in [0.4, 0.5) is 0 Å². The molecule has 2 aliphatic heterocycles. The Labute approximate surface area is 90.5 Å². The first-order valence-corrected chi connectivity index (χ1v) is 5.65. The second-order valence-electron chi connectivity index (χ2n) is 4.60. The van der Waals surface area contributed by atoms with Crippen LogP contribution in [0.2, 0.25) is 0 Å². The van der Waals surface area contributed by atoms with E-state index in [4.69, 9.17) is 9.47 Å². The fourth-order valence-electron chi connectivity index (χ4n) is 2.38. The molecule has 0 amide bonds. The number of carbonyl (C=O) groups excluding carboxylic acids is 1. The minimum absolute atomic E-state index is 0.112. The highest BCUT2D eigenvalue weighted by atomic mass is 16.5. The average Bonchev–Trinajstić information content (AvgIpc) is 2.24. The summed E-state index contributed by atoms with van der Waals surface area (Å²) in [6.07, 6.45) is 3.81. The average molecular weight is 213 g/mol. The molecule has 0 radical (unpaired) electrons. The second kappa shape index (κ2) is 4.49. The zero-order chi connectivity index (χ0) is 10.7. The number of ether oxygens (including phenoxy) is 2. The summed E-state index contributed by atoms with van der Waals surface area (Å²) in [4.78, 5) is 14.0. The van der Waals surface area contributed by atoms with Crippen molar-refractivity contribution < 1.29 is 14.3 Å². The number of likely N-dealkylation sites (tertiary alicyclic amines) is 1. The van der Waals surface area contributed by atoms with Gasteiger partial charge in [-0.3, -0.25) is 4.79 Å². The maximum atomic E-state index is 11.7. The van der Waals surface area contributed by atoms with Crippen LogP contribution in [0.5, 0.6) is 0 Å². The monoisotopic (exact) mass is 213 g/mol. The Kier molecular flexibility index (Phi) is 3.26. The summed E-state index contributed by atoms with van der Waals surface area (Å²) in [6, 6.07) is 0. The van der Waals surface area contributed by atoms with Crippen molar-refractivity contribution in [2.75, 3.05) is 40.0 Å². The maximum absolute atomic E-state index is 11.7. The molecule has 0 saturated carbocycles. The molecule has 0 spiro atoms. The number of carbonyl (C=O) groups is 1. The highest BCUT2D eigenvalue weighted by Crippen LogP contribution is 2.31. The van der Waals surface area contributed by atoms with Gasteiger partial charge in [0.1, 0.15) is 5.41 Å². The Hall–Kier alpha value is -0.610. The number of hydrogen-bond acceptors (Lipinski definition) is 4. The lowest BCUT2D eigenvalue weighted by Crippen LogP contribution is -2.57. The number of piperidine rings is 1. The molecular weight excluding hydrogens is 194 g/mol. The molecule has 2 heterocycles. The van der Waals surface area contributed by atoms with Crippen LogP contribution >= 0.6 is 0 Å². The topological polar surface area (TPSA) is 38.8 Å². The highest BCUT2D eigenvalue weighted by Gasteiger charge is 2.48. The van der Waals surface area contributed by atoms with E-state index < -0.39 is 0 Å². The third kappa shape index (κ3) is 2.16. The van der Waals surface area contributed by atoms with E-state index in [9.17, 15) is 4.79 Å². The largest absolute Gasteiger partial charge is 0.468 e. The molecule has 0 bridgehead atoms. The van der Waals surface area contributed by atoms with E-state index >= 15 is 0 Å². The minimum Gasteiger partial charge on any atom is -0.468 e. The Balaban J connectivity index is 1.92. The van der Waals surface area contributed by atoms with Crippen molar-refractivity contribution >= 4 is 5.97 Å². The smallest absolute Gasteiger partial charge is 0.317 e. The molecule has 0 atom stereocenters. The molecule has 0 N–H and O–H groups in total. The summed E-state index contributed by atoms with van der Waals surface area (Å²) < 4.78 is 10.0. The Morgan fingerprint density at radius 3 is 2.47 bits per heavy atom. The first-order valence-electron chi connectivity index (χ1n) is 5.65. The van der Waals surface area contributed by atoms with Gasteiger partial charge in [-0.25, -0.2) is 0 Å². The van der Waals surface area contributed by atoms with E-state index in [2.05, 4.69) is 4.90 Å². The number of esters is 1. The molecule has 2 aliphatic rings. The molecule has 0 aromatic carbocycles. The maximum Gasteiger partial charge on any atom is 0.317 e. The molecule has 15 heavy (non-hydrogen) atoms. The molecule has 4 heteroatoms. The van der Waals surface area contributed by atoms with Crippen molar-refractivity contribution in [2.24, 2.45) is 5.41 Å². The van der Waals surface area contributed by atoms with Crippen molar-refractivity contribution in [3.63, 3.8) is 0 Å². The first-order chi connectivity index (χ1) is 7.27. The van der Waals surface area contributed by atoms with Gasteiger partial charge in [-0.1, -0.05) is 6.42 Å². The summed E-state index contributed by atoms with van der Waals surface area (Å²) in [5.41, 5.74) is -0.369. The van der Waals surface area contributed by atoms with Gasteiger partial charge in [-0.2, -0.15) is 0 Å². The van der Waals surface area contributed by atoms with Crippen molar-refractivity contribution in [1.82, 2.24) is 4.90 Å². The molecule has 4 nitrogen and oxygen atoms in total. The van der Waals surface area contributed by atoms with E-state index in [1.807, 2.05) is 0 Å². The molecular formula is C11H19NO3. The SMILES string of the molecule is COC(=O)C1(CN2CCCCC2)COC1. The number of rotatable bonds is 3. The van der Waals surface area contributed by atoms with E-state index in [1.165, 1.54) is 26.4 Å². The van der Waals surface area contributed by atoms with Crippen molar-refractivity contribution in [3.8, 4) is 0 Å². The minimum atomic E-state index is -0.369. The third-order valence-corrected chi connectivity index (χ3v) is 3.35. The lowest BCUT2D eigenvalue weighted by molar-refractivity contribution is -0.187. The van der Waals surface area contributed by atoms with E-state index in [0.29, 0.717) is 13.2 Å². The summed E-state index contributed by atoms with van der Waals surface area (Å²) in [6.45, 7) is 4.07. The van der Waals surface area contributed by atoms with Crippen LogP contribution in [0.1, 0.15) is 19.3 Å². The fourth-order valence-corrected chi connectivity index (χ4v) is 2.38. The van der Waals surface area contributed by atoms with Gasteiger partial charge >= 0.3 is 5.97 Å². The van der Waals surface area contributed by atoms with E-state index in [1.54, 1.807) is 0 Å². The summed E-state index contributed by atoms with van der Waals surface area (Å²) in [7, 11) is 1.46. The van der Waals surface area contributed by atoms with Crippen LogP contribution in [0.25, 0.3) is 0 Å². The quantitative estimate of drug-likeness (QED) is 0.646. The first kappa shape index (κ1) is 10.9. The van der Waals surface area contributed by atoms with Gasteiger partial charge < -0.3 is 14.4 Å². The number of methoxy groups -OCH3 is 1. The summed E-state index contributed by atoms with van der Waals surface area (Å²) >= 11 is 0. The zero-order valence-electron chi connectivity index (χ0n) is 9.33. The van der Waals surface area contributed by atoms with Crippen LogP contribution in [0.15, 0.2) is 0 Å². The second-order valence-corrected chi connectivity index (χ2v) is 4.60. The van der Waals surface area contributed by atoms with Gasteiger partial charge in [0, 0.05) is 6.54 Å². The van der Waals surface area contributed by atoms with Crippen molar-refractivity contribution in [3.05, 3.63) is 0 Å². The predicted molar refractivity (Wildman–Crippen MR) is 55.6 cm³/mol. The van der Waals surface area contributed by atoms with E-state index in [0.717, 1.165) is 19.6 Å². The van der Waals surface area contributed by atoms with Gasteiger partial charge in [0.05, 0.1) is 20.3 Å². The Morgan fingerprint density at radius 1 is 1.33 bits per heavy atom. The van der Waals surface area contributed by atoms with Crippen LogP contribution < -0.4 is 0 Å². The van der Waals surface area contributed by atoms with Crippen molar-refractivity contribution in [2.45, 2.75) is 19.3 Å². The van der Waals surface area contributed by atoms with Gasteiger partial charge in [0.25, 0.3) is 0 Å². The fraction of sp³-hybridized carbons (Fsp3) is 0.909. The van der Waals surface area contributed by atoms with Gasteiger partial charge in [-0.15, -0.1) is 0 Å². The lowest BCUT2D eigenvalue weighted by Gasteiger charge is -2.42. The van der Waals surface area contributed by atoms with Crippen LogP contribution in [0.3, 0.4) is 0 Å². The Morgan fingerprint density at radius 2 is 2.00 bits per heavy atom. The molecule has 0 unspecified atom stereocenters. The predicted octanol–water partition coefficient (Wildman–Crippen LogP) is 0.662. The molecule has 2 saturated heterocycles.